The number of carbonyl (C=O) groups excluding carboxylic acids is 1. The highest BCUT2D eigenvalue weighted by Crippen LogP contribution is 2.04. The highest BCUT2D eigenvalue weighted by Gasteiger charge is 2.19. The number of rotatable bonds is 4. The number of ether oxygens (including phenoxy) is 1. The van der Waals surface area contributed by atoms with Gasteiger partial charge in [0.15, 0.2) is 0 Å². The van der Waals surface area contributed by atoms with Crippen molar-refractivity contribution in [3.8, 4) is 0 Å². The van der Waals surface area contributed by atoms with E-state index in [4.69, 9.17) is 4.74 Å². The summed E-state index contributed by atoms with van der Waals surface area (Å²) in [7, 11) is 0. The molecule has 1 aliphatic heterocycles. The second-order valence-electron chi connectivity index (χ2n) is 3.57. The molecule has 4 heteroatoms. The topological polar surface area (TPSA) is 41.6 Å². The van der Waals surface area contributed by atoms with Crippen LogP contribution in [0.5, 0.6) is 0 Å². The normalized spacial score (nSPS) is 23.4. The molecule has 0 aromatic rings. The summed E-state index contributed by atoms with van der Waals surface area (Å²) in [4.78, 5) is 13.1. The Morgan fingerprint density at radius 3 is 3.14 bits per heavy atom. The fourth-order valence-electron chi connectivity index (χ4n) is 1.56. The monoisotopic (exact) mass is 199 g/mol. The fraction of sp³-hybridized carbons (Fsp3) is 0.800. The van der Waals surface area contributed by atoms with E-state index in [0.717, 1.165) is 32.5 Å². The molecule has 1 radical (unpaired) electrons. The van der Waals surface area contributed by atoms with Crippen LogP contribution >= 0.6 is 0 Å². The number of carbonyl (C=O) groups is 1. The molecule has 0 aromatic carbocycles. The maximum Gasteiger partial charge on any atom is 0.218 e. The van der Waals surface area contributed by atoms with E-state index in [9.17, 15) is 4.79 Å². The molecule has 1 rings (SSSR count). The second kappa shape index (κ2) is 5.98. The third-order valence-corrected chi connectivity index (χ3v) is 2.24. The highest BCUT2D eigenvalue weighted by atomic mass is 16.5. The molecule has 0 saturated carbocycles. The molecule has 14 heavy (non-hydrogen) atoms. The van der Waals surface area contributed by atoms with Gasteiger partial charge in [-0.25, -0.2) is 0 Å². The van der Waals surface area contributed by atoms with Gasteiger partial charge in [0, 0.05) is 20.0 Å². The minimum Gasteiger partial charge on any atom is -0.356 e. The smallest absolute Gasteiger partial charge is 0.218 e. The average molecular weight is 199 g/mol. The fourth-order valence-corrected chi connectivity index (χ4v) is 1.56. The Bertz CT molecular complexity index is 185. The van der Waals surface area contributed by atoms with Crippen LogP contribution in [0.3, 0.4) is 0 Å². The van der Waals surface area contributed by atoms with Gasteiger partial charge in [-0.2, -0.15) is 0 Å². The van der Waals surface area contributed by atoms with E-state index in [-0.39, 0.29) is 12.1 Å². The molecule has 1 amide bonds. The first kappa shape index (κ1) is 11.5. The van der Waals surface area contributed by atoms with Gasteiger partial charge in [-0.1, -0.05) is 13.3 Å². The molecule has 1 atom stereocenters. The van der Waals surface area contributed by atoms with Crippen LogP contribution < -0.4 is 5.32 Å². The van der Waals surface area contributed by atoms with E-state index < -0.39 is 0 Å². The summed E-state index contributed by atoms with van der Waals surface area (Å²) in [5.41, 5.74) is 0. The van der Waals surface area contributed by atoms with Crippen molar-refractivity contribution < 1.29 is 9.53 Å². The van der Waals surface area contributed by atoms with Gasteiger partial charge in [0.05, 0.1) is 6.61 Å². The predicted octanol–water partition coefficient (Wildman–Crippen LogP) is 0.395. The third-order valence-electron chi connectivity index (χ3n) is 2.24. The zero-order chi connectivity index (χ0) is 10.4. The molecule has 1 heterocycles. The van der Waals surface area contributed by atoms with Gasteiger partial charge >= 0.3 is 0 Å². The van der Waals surface area contributed by atoms with Gasteiger partial charge in [0.1, 0.15) is 6.23 Å². The molecular weight excluding hydrogens is 180 g/mol. The van der Waals surface area contributed by atoms with E-state index in [1.165, 1.54) is 6.92 Å². The Morgan fingerprint density at radius 2 is 2.50 bits per heavy atom. The maximum atomic E-state index is 10.8. The van der Waals surface area contributed by atoms with Crippen LogP contribution in [0.1, 0.15) is 19.8 Å². The van der Waals surface area contributed by atoms with E-state index in [2.05, 4.69) is 17.1 Å². The third kappa shape index (κ3) is 4.07. The molecule has 0 aliphatic carbocycles. The molecule has 1 aliphatic rings. The number of amides is 1. The Morgan fingerprint density at radius 1 is 1.71 bits per heavy atom. The highest BCUT2D eigenvalue weighted by molar-refractivity contribution is 5.73. The SMILES string of the molecule is [CH2]CCCN1CCOC(NC(C)=O)C1. The molecule has 0 aromatic heterocycles. The lowest BCUT2D eigenvalue weighted by atomic mass is 10.3. The molecule has 0 spiro atoms. The van der Waals surface area contributed by atoms with Crippen LogP contribution in [0.15, 0.2) is 0 Å². The molecular formula is C10H19N2O2. The van der Waals surface area contributed by atoms with Crippen LogP contribution in [-0.2, 0) is 9.53 Å². The van der Waals surface area contributed by atoms with Gasteiger partial charge in [0.2, 0.25) is 5.91 Å². The molecule has 1 fully saturated rings. The van der Waals surface area contributed by atoms with Crippen LogP contribution in [-0.4, -0.2) is 43.3 Å². The van der Waals surface area contributed by atoms with Crippen LogP contribution in [0, 0.1) is 6.92 Å². The Kier molecular flexibility index (Phi) is 4.90. The predicted molar refractivity (Wildman–Crippen MR) is 54.6 cm³/mol. The van der Waals surface area contributed by atoms with Crippen molar-refractivity contribution in [3.63, 3.8) is 0 Å². The number of morpholine rings is 1. The van der Waals surface area contributed by atoms with E-state index in [1.54, 1.807) is 0 Å². The summed E-state index contributed by atoms with van der Waals surface area (Å²) in [6, 6.07) is 0. The molecule has 81 valence electrons. The Balaban J connectivity index is 2.24. The number of nitrogens with one attached hydrogen (secondary N) is 1. The largest absolute Gasteiger partial charge is 0.356 e. The molecule has 1 unspecified atom stereocenters. The summed E-state index contributed by atoms with van der Waals surface area (Å²) in [5.74, 6) is -0.0333. The number of hydrogen-bond donors (Lipinski definition) is 1. The van der Waals surface area contributed by atoms with Crippen molar-refractivity contribution in [2.75, 3.05) is 26.2 Å². The van der Waals surface area contributed by atoms with Crippen molar-refractivity contribution >= 4 is 5.91 Å². The maximum absolute atomic E-state index is 10.8. The van der Waals surface area contributed by atoms with Crippen LogP contribution in [0.2, 0.25) is 0 Å². The summed E-state index contributed by atoms with van der Waals surface area (Å²) >= 11 is 0. The number of nitrogens with zero attached hydrogens (tertiary/aromatic N) is 1. The first-order valence-corrected chi connectivity index (χ1v) is 5.12. The zero-order valence-electron chi connectivity index (χ0n) is 8.79. The molecule has 0 bridgehead atoms. The minimum atomic E-state index is -0.133. The van der Waals surface area contributed by atoms with E-state index in [1.807, 2.05) is 0 Å². The first-order valence-electron chi connectivity index (χ1n) is 5.12. The van der Waals surface area contributed by atoms with E-state index in [0.29, 0.717) is 6.61 Å². The minimum absolute atomic E-state index is 0.0333. The van der Waals surface area contributed by atoms with Crippen molar-refractivity contribution in [2.45, 2.75) is 26.0 Å². The quantitative estimate of drug-likeness (QED) is 0.712. The van der Waals surface area contributed by atoms with Crippen LogP contribution in [0.4, 0.5) is 0 Å². The van der Waals surface area contributed by atoms with Crippen LogP contribution in [0.25, 0.3) is 0 Å². The summed E-state index contributed by atoms with van der Waals surface area (Å²) < 4.78 is 5.41. The van der Waals surface area contributed by atoms with Gasteiger partial charge in [-0.3, -0.25) is 9.69 Å². The first-order chi connectivity index (χ1) is 6.72. The lowest BCUT2D eigenvalue weighted by molar-refractivity contribution is -0.126. The molecule has 1 N–H and O–H groups in total. The lowest BCUT2D eigenvalue weighted by Crippen LogP contribution is -2.50. The summed E-state index contributed by atoms with van der Waals surface area (Å²) in [6.07, 6.45) is 1.93. The van der Waals surface area contributed by atoms with Gasteiger partial charge < -0.3 is 10.1 Å². The molecule has 1 saturated heterocycles. The van der Waals surface area contributed by atoms with E-state index >= 15 is 0 Å². The van der Waals surface area contributed by atoms with Gasteiger partial charge in [-0.05, 0) is 13.0 Å². The Hall–Kier alpha value is -0.610. The zero-order valence-corrected chi connectivity index (χ0v) is 8.79. The number of hydrogen-bond acceptors (Lipinski definition) is 3. The molecule has 4 nitrogen and oxygen atoms in total. The lowest BCUT2D eigenvalue weighted by Gasteiger charge is -2.32. The van der Waals surface area contributed by atoms with Crippen molar-refractivity contribution in [1.82, 2.24) is 10.2 Å². The summed E-state index contributed by atoms with van der Waals surface area (Å²) in [5, 5.41) is 2.77. The summed E-state index contributed by atoms with van der Waals surface area (Å²) in [6.45, 7) is 8.81. The van der Waals surface area contributed by atoms with Gasteiger partial charge in [0.25, 0.3) is 0 Å². The Labute approximate surface area is 85.6 Å². The average Bonchev–Trinajstić information content (AvgIpc) is 2.14. The van der Waals surface area contributed by atoms with Gasteiger partial charge in [-0.15, -0.1) is 0 Å². The standard InChI is InChI=1S/C10H19N2O2/c1-3-4-5-12-6-7-14-10(8-12)11-9(2)13/h10H,1,3-8H2,2H3,(H,11,13). The van der Waals surface area contributed by atoms with Crippen molar-refractivity contribution in [2.24, 2.45) is 0 Å². The second-order valence-corrected chi connectivity index (χ2v) is 3.57. The number of unbranched alkanes of at least 4 members (excludes halogenated alkanes) is 1. The van der Waals surface area contributed by atoms with Crippen molar-refractivity contribution in [1.29, 1.82) is 0 Å². The van der Waals surface area contributed by atoms with Crippen molar-refractivity contribution in [3.05, 3.63) is 6.92 Å².